The number of likely N-dealkylation sites (N-methyl/N-ethyl adjacent to an activating group) is 1. The molecule has 1 N–H and O–H groups in total. The lowest BCUT2D eigenvalue weighted by Gasteiger charge is -2.25. The summed E-state index contributed by atoms with van der Waals surface area (Å²) in [5.41, 5.74) is 0. The maximum absolute atomic E-state index is 12.9. The molecule has 0 radical (unpaired) electrons. The second kappa shape index (κ2) is 51.1. The molecule has 398 valence electrons. The zero-order chi connectivity index (χ0) is 50.6. The van der Waals surface area contributed by atoms with Gasteiger partial charge < -0.3 is 28.5 Å². The van der Waals surface area contributed by atoms with Gasteiger partial charge in [-0.15, -0.1) is 0 Å². The standard InChI is InChI=1S/C60H105NO8/c1-6-8-10-12-14-16-18-20-22-24-26-28-29-31-32-34-36-38-40-42-44-46-48-50-57(62)67-54-56(55-68-60(59(64)65)66-53-52-61(3,4)5)69-58(63)51-49-47-45-43-41-39-37-35-33-30-27-25-23-21-19-17-15-13-11-9-7-2/h9,11,15,17,21,23-24,26-27,30,35,37,56,60H,6-8,10,12-14,16,18-20,22,25,28-29,31-34,36,38-55H2,1-5H3/p+1/b11-9-,17-15-,23-21-,26-24-,30-27-,37-35-. The molecule has 0 saturated heterocycles. The third kappa shape index (κ3) is 52.4. The van der Waals surface area contributed by atoms with Crippen LogP contribution in [0.1, 0.15) is 232 Å². The van der Waals surface area contributed by atoms with E-state index in [0.29, 0.717) is 23.9 Å². The first-order valence-corrected chi connectivity index (χ1v) is 28.1. The molecule has 0 saturated carbocycles. The van der Waals surface area contributed by atoms with E-state index >= 15 is 0 Å². The van der Waals surface area contributed by atoms with Crippen molar-refractivity contribution < 1.29 is 42.9 Å². The molecule has 2 unspecified atom stereocenters. The summed E-state index contributed by atoms with van der Waals surface area (Å²) in [6.45, 7) is 4.75. The van der Waals surface area contributed by atoms with Crippen molar-refractivity contribution in [3.8, 4) is 0 Å². The minimum atomic E-state index is -1.52. The summed E-state index contributed by atoms with van der Waals surface area (Å²) in [4.78, 5) is 37.4. The van der Waals surface area contributed by atoms with Gasteiger partial charge in [-0.3, -0.25) is 9.59 Å². The highest BCUT2D eigenvalue weighted by Gasteiger charge is 2.25. The first kappa shape index (κ1) is 65.7. The SMILES string of the molecule is CC/C=C\C/C=C\C/C=C\C/C=C\C/C=C\CCCCCCCC(=O)OC(COC(=O)CCCCCCCCCCCCC/C=C\CCCCCCCCCC)COC(OCC[N+](C)(C)C)C(=O)O. The lowest BCUT2D eigenvalue weighted by atomic mass is 10.0. The number of nitrogens with zero attached hydrogens (tertiary/aromatic N) is 1. The molecule has 0 aliphatic heterocycles. The Balaban J connectivity index is 4.31. The van der Waals surface area contributed by atoms with Crippen LogP contribution in [0.3, 0.4) is 0 Å². The van der Waals surface area contributed by atoms with Crippen LogP contribution < -0.4 is 0 Å². The number of carboxylic acid groups (broad SMARTS) is 1. The molecular weight excluding hydrogens is 863 g/mol. The van der Waals surface area contributed by atoms with Gasteiger partial charge in [-0.05, 0) is 83.5 Å². The molecule has 0 amide bonds. The van der Waals surface area contributed by atoms with Crippen molar-refractivity contribution in [1.82, 2.24) is 0 Å². The summed E-state index contributed by atoms with van der Waals surface area (Å²) in [7, 11) is 5.96. The lowest BCUT2D eigenvalue weighted by Crippen LogP contribution is -2.40. The Kier molecular flexibility index (Phi) is 48.7. The minimum absolute atomic E-state index is 0.181. The molecule has 0 aromatic heterocycles. The smallest absolute Gasteiger partial charge is 0.361 e. The maximum atomic E-state index is 12.9. The van der Waals surface area contributed by atoms with Crippen LogP contribution in [-0.4, -0.2) is 87.4 Å². The lowest BCUT2D eigenvalue weighted by molar-refractivity contribution is -0.870. The number of aliphatic carboxylic acids is 1. The van der Waals surface area contributed by atoms with Crippen molar-refractivity contribution in [3.63, 3.8) is 0 Å². The van der Waals surface area contributed by atoms with Crippen molar-refractivity contribution in [1.29, 1.82) is 0 Å². The molecule has 0 rings (SSSR count). The maximum Gasteiger partial charge on any atom is 0.361 e. The van der Waals surface area contributed by atoms with Crippen LogP contribution in [0.5, 0.6) is 0 Å². The topological polar surface area (TPSA) is 108 Å². The van der Waals surface area contributed by atoms with Gasteiger partial charge in [0.1, 0.15) is 13.2 Å². The Morgan fingerprint density at radius 3 is 1.25 bits per heavy atom. The van der Waals surface area contributed by atoms with E-state index in [2.05, 4.69) is 86.8 Å². The number of allylic oxidation sites excluding steroid dienone is 12. The Morgan fingerprint density at radius 2 is 0.826 bits per heavy atom. The first-order chi connectivity index (χ1) is 33.6. The first-order valence-electron chi connectivity index (χ1n) is 28.1. The van der Waals surface area contributed by atoms with Crippen LogP contribution in [0.4, 0.5) is 0 Å². The van der Waals surface area contributed by atoms with E-state index in [9.17, 15) is 19.5 Å². The summed E-state index contributed by atoms with van der Waals surface area (Å²) in [6, 6.07) is 0. The van der Waals surface area contributed by atoms with Gasteiger partial charge in [-0.2, -0.15) is 0 Å². The molecule has 0 heterocycles. The van der Waals surface area contributed by atoms with E-state index < -0.39 is 24.3 Å². The van der Waals surface area contributed by atoms with E-state index in [0.717, 1.165) is 83.5 Å². The Bertz CT molecular complexity index is 1360. The molecule has 0 bridgehead atoms. The van der Waals surface area contributed by atoms with Crippen molar-refractivity contribution in [3.05, 3.63) is 72.9 Å². The third-order valence-electron chi connectivity index (χ3n) is 11.9. The molecule has 0 aromatic rings. The van der Waals surface area contributed by atoms with E-state index in [-0.39, 0.29) is 32.2 Å². The van der Waals surface area contributed by atoms with Crippen molar-refractivity contribution in [2.75, 3.05) is 47.5 Å². The highest BCUT2D eigenvalue weighted by atomic mass is 16.7. The predicted molar refractivity (Wildman–Crippen MR) is 290 cm³/mol. The quantitative estimate of drug-likeness (QED) is 0.0211. The van der Waals surface area contributed by atoms with Crippen LogP contribution in [0.15, 0.2) is 72.9 Å². The number of hydrogen-bond acceptors (Lipinski definition) is 7. The molecule has 2 atom stereocenters. The number of carboxylic acids is 1. The van der Waals surface area contributed by atoms with Crippen molar-refractivity contribution >= 4 is 17.9 Å². The average Bonchev–Trinajstić information content (AvgIpc) is 3.31. The Morgan fingerprint density at radius 1 is 0.449 bits per heavy atom. The van der Waals surface area contributed by atoms with Crippen LogP contribution in [0.25, 0.3) is 0 Å². The van der Waals surface area contributed by atoms with Gasteiger partial charge in [-0.1, -0.05) is 209 Å². The largest absolute Gasteiger partial charge is 0.477 e. The zero-order valence-corrected chi connectivity index (χ0v) is 45.2. The molecule has 0 aromatic carbocycles. The van der Waals surface area contributed by atoms with Gasteiger partial charge in [0.2, 0.25) is 0 Å². The fraction of sp³-hybridized carbons (Fsp3) is 0.750. The molecule has 0 aliphatic rings. The number of rotatable bonds is 51. The molecular formula is C60H106NO8+. The zero-order valence-electron chi connectivity index (χ0n) is 45.2. The monoisotopic (exact) mass is 969 g/mol. The number of unbranched alkanes of at least 4 members (excludes halogenated alkanes) is 24. The van der Waals surface area contributed by atoms with Crippen LogP contribution in [0, 0.1) is 0 Å². The van der Waals surface area contributed by atoms with Gasteiger partial charge in [0.05, 0.1) is 34.4 Å². The molecule has 0 fully saturated rings. The molecule has 9 heteroatoms. The van der Waals surface area contributed by atoms with Crippen LogP contribution in [-0.2, 0) is 33.3 Å². The molecule has 0 spiro atoms. The second-order valence-electron chi connectivity index (χ2n) is 19.9. The number of carbonyl (C=O) groups excluding carboxylic acids is 2. The predicted octanol–water partition coefficient (Wildman–Crippen LogP) is 16.2. The summed E-state index contributed by atoms with van der Waals surface area (Å²) < 4.78 is 22.8. The van der Waals surface area contributed by atoms with Crippen molar-refractivity contribution in [2.45, 2.75) is 245 Å². The van der Waals surface area contributed by atoms with Crippen molar-refractivity contribution in [2.24, 2.45) is 0 Å². The van der Waals surface area contributed by atoms with Crippen LogP contribution in [0.2, 0.25) is 0 Å². The van der Waals surface area contributed by atoms with E-state index in [1.54, 1.807) is 0 Å². The summed E-state index contributed by atoms with van der Waals surface area (Å²) in [5, 5.41) is 9.69. The fourth-order valence-corrected chi connectivity index (χ4v) is 7.62. The number of ether oxygens (including phenoxy) is 4. The number of carbonyl (C=O) groups is 3. The van der Waals surface area contributed by atoms with E-state index in [1.165, 1.54) is 116 Å². The van der Waals surface area contributed by atoms with Gasteiger partial charge in [0, 0.05) is 12.8 Å². The normalized spacial score (nSPS) is 13.3. The average molecular weight is 970 g/mol. The van der Waals surface area contributed by atoms with Gasteiger partial charge in [0.25, 0.3) is 6.29 Å². The van der Waals surface area contributed by atoms with Gasteiger partial charge >= 0.3 is 17.9 Å². The number of hydrogen-bond donors (Lipinski definition) is 1. The number of quaternary nitrogens is 1. The highest BCUT2D eigenvalue weighted by Crippen LogP contribution is 2.15. The molecule has 0 aliphatic carbocycles. The third-order valence-corrected chi connectivity index (χ3v) is 11.9. The Hall–Kier alpha value is -3.27. The summed E-state index contributed by atoms with van der Waals surface area (Å²) >= 11 is 0. The highest BCUT2D eigenvalue weighted by molar-refractivity contribution is 5.71. The fourth-order valence-electron chi connectivity index (χ4n) is 7.62. The number of esters is 2. The Labute approximate surface area is 424 Å². The van der Waals surface area contributed by atoms with Gasteiger partial charge in [-0.25, -0.2) is 4.79 Å². The van der Waals surface area contributed by atoms with E-state index in [1.807, 2.05) is 21.1 Å². The van der Waals surface area contributed by atoms with E-state index in [4.69, 9.17) is 18.9 Å². The minimum Gasteiger partial charge on any atom is -0.477 e. The molecule has 69 heavy (non-hydrogen) atoms. The molecule has 9 nitrogen and oxygen atoms in total. The second-order valence-corrected chi connectivity index (χ2v) is 19.9. The van der Waals surface area contributed by atoms with Gasteiger partial charge in [0.15, 0.2) is 6.10 Å². The van der Waals surface area contributed by atoms with Crippen LogP contribution >= 0.6 is 0 Å². The summed E-state index contributed by atoms with van der Waals surface area (Å²) in [5.74, 6) is -2.03. The summed E-state index contributed by atoms with van der Waals surface area (Å²) in [6.07, 6.45) is 62.6.